The highest BCUT2D eigenvalue weighted by Gasteiger charge is 2.10. The standard InChI is InChI=1S/C13H13N3OS/c1-14-13-16-12(7-18-13)10-6-15-11-4-3-8(17-2)5-9(10)11/h3-7,15H,1-2H3,(H,14,16). The molecule has 0 unspecified atom stereocenters. The molecule has 2 N–H and O–H groups in total. The molecule has 0 saturated carbocycles. The summed E-state index contributed by atoms with van der Waals surface area (Å²) in [6, 6.07) is 5.99. The Morgan fingerprint density at radius 3 is 3.00 bits per heavy atom. The molecule has 0 atom stereocenters. The van der Waals surface area contributed by atoms with Crippen LogP contribution in [0.15, 0.2) is 29.8 Å². The lowest BCUT2D eigenvalue weighted by Crippen LogP contribution is -1.86. The SMILES string of the molecule is CNc1nc(-c2c[nH]c3ccc(OC)cc23)cs1. The average molecular weight is 259 g/mol. The Balaban J connectivity index is 2.16. The number of rotatable bonds is 3. The second-order valence-corrected chi connectivity index (χ2v) is 4.76. The molecule has 0 aliphatic heterocycles. The minimum atomic E-state index is 0.854. The van der Waals surface area contributed by atoms with Gasteiger partial charge in [0, 0.05) is 35.1 Å². The van der Waals surface area contributed by atoms with Crippen LogP contribution in [-0.4, -0.2) is 24.1 Å². The number of fused-ring (bicyclic) bond motifs is 1. The molecule has 2 aromatic heterocycles. The van der Waals surface area contributed by atoms with Crippen molar-refractivity contribution >= 4 is 27.4 Å². The lowest BCUT2D eigenvalue weighted by Gasteiger charge is -2.00. The molecule has 5 heteroatoms. The Bertz CT molecular complexity index is 686. The van der Waals surface area contributed by atoms with Crippen molar-refractivity contribution < 1.29 is 4.74 Å². The summed E-state index contributed by atoms with van der Waals surface area (Å²) in [7, 11) is 3.55. The van der Waals surface area contributed by atoms with Crippen LogP contribution in [0.1, 0.15) is 0 Å². The normalized spacial score (nSPS) is 10.8. The van der Waals surface area contributed by atoms with Gasteiger partial charge in [-0.1, -0.05) is 0 Å². The zero-order chi connectivity index (χ0) is 12.5. The molecule has 2 heterocycles. The molecule has 0 saturated heterocycles. The van der Waals surface area contributed by atoms with Crippen LogP contribution in [0.4, 0.5) is 5.13 Å². The Kier molecular flexibility index (Phi) is 2.68. The maximum atomic E-state index is 5.26. The molecule has 0 aliphatic carbocycles. The highest BCUT2D eigenvalue weighted by atomic mass is 32.1. The van der Waals surface area contributed by atoms with Gasteiger partial charge in [-0.15, -0.1) is 11.3 Å². The lowest BCUT2D eigenvalue weighted by atomic mass is 10.1. The number of hydrogen-bond acceptors (Lipinski definition) is 4. The molecule has 3 aromatic rings. The molecule has 0 aliphatic rings. The number of anilines is 1. The van der Waals surface area contributed by atoms with Crippen LogP contribution < -0.4 is 10.1 Å². The first-order valence-corrected chi connectivity index (χ1v) is 6.48. The monoisotopic (exact) mass is 259 g/mol. The molecule has 3 rings (SSSR count). The Labute approximate surface area is 109 Å². The highest BCUT2D eigenvalue weighted by molar-refractivity contribution is 7.14. The average Bonchev–Trinajstić information content (AvgIpc) is 3.03. The third-order valence-corrected chi connectivity index (χ3v) is 3.74. The van der Waals surface area contributed by atoms with E-state index in [9.17, 15) is 0 Å². The van der Waals surface area contributed by atoms with Crippen molar-refractivity contribution in [2.45, 2.75) is 0 Å². The second kappa shape index (κ2) is 4.34. The van der Waals surface area contributed by atoms with Gasteiger partial charge in [-0.2, -0.15) is 0 Å². The summed E-state index contributed by atoms with van der Waals surface area (Å²) < 4.78 is 5.26. The third-order valence-electron chi connectivity index (χ3n) is 2.88. The number of nitrogens with one attached hydrogen (secondary N) is 2. The van der Waals surface area contributed by atoms with Gasteiger partial charge in [-0.25, -0.2) is 4.98 Å². The molecule has 18 heavy (non-hydrogen) atoms. The van der Waals surface area contributed by atoms with Gasteiger partial charge < -0.3 is 15.0 Å². The van der Waals surface area contributed by atoms with Gasteiger partial charge in [-0.05, 0) is 18.2 Å². The fraction of sp³-hybridized carbons (Fsp3) is 0.154. The molecule has 0 spiro atoms. The van der Waals surface area contributed by atoms with Gasteiger partial charge in [0.05, 0.1) is 12.8 Å². The highest BCUT2D eigenvalue weighted by Crippen LogP contribution is 2.32. The maximum absolute atomic E-state index is 5.26. The topological polar surface area (TPSA) is 49.9 Å². The molecule has 92 valence electrons. The van der Waals surface area contributed by atoms with Gasteiger partial charge in [0.1, 0.15) is 5.75 Å². The predicted octanol–water partition coefficient (Wildman–Crippen LogP) is 3.34. The molecule has 0 amide bonds. The minimum absolute atomic E-state index is 0.854. The molecule has 1 aromatic carbocycles. The third kappa shape index (κ3) is 1.73. The first-order chi connectivity index (χ1) is 8.81. The molecule has 0 radical (unpaired) electrons. The maximum Gasteiger partial charge on any atom is 0.182 e. The summed E-state index contributed by atoms with van der Waals surface area (Å²) >= 11 is 1.60. The van der Waals surface area contributed by atoms with E-state index in [0.29, 0.717) is 0 Å². The predicted molar refractivity (Wildman–Crippen MR) is 75.5 cm³/mol. The smallest absolute Gasteiger partial charge is 0.182 e. The van der Waals surface area contributed by atoms with Crippen molar-refractivity contribution in [3.05, 3.63) is 29.8 Å². The van der Waals surface area contributed by atoms with Crippen LogP contribution in [0.2, 0.25) is 0 Å². The fourth-order valence-corrected chi connectivity index (χ4v) is 2.62. The summed E-state index contributed by atoms with van der Waals surface area (Å²) in [5, 5.41) is 7.15. The number of aromatic nitrogens is 2. The van der Waals surface area contributed by atoms with Gasteiger partial charge >= 0.3 is 0 Å². The van der Waals surface area contributed by atoms with Crippen molar-refractivity contribution in [2.75, 3.05) is 19.5 Å². The number of benzene rings is 1. The minimum Gasteiger partial charge on any atom is -0.497 e. The molecule has 0 bridgehead atoms. The van der Waals surface area contributed by atoms with Crippen molar-refractivity contribution in [2.24, 2.45) is 0 Å². The van der Waals surface area contributed by atoms with Crippen LogP contribution >= 0.6 is 11.3 Å². The van der Waals surface area contributed by atoms with Crippen LogP contribution in [0, 0.1) is 0 Å². The molecular weight excluding hydrogens is 246 g/mol. The second-order valence-electron chi connectivity index (χ2n) is 3.90. The summed E-state index contributed by atoms with van der Waals surface area (Å²) in [6.45, 7) is 0. The summed E-state index contributed by atoms with van der Waals surface area (Å²) in [4.78, 5) is 7.78. The number of hydrogen-bond donors (Lipinski definition) is 2. The zero-order valence-corrected chi connectivity index (χ0v) is 11.0. The first kappa shape index (κ1) is 11.1. The number of methoxy groups -OCH3 is 1. The van der Waals surface area contributed by atoms with E-state index >= 15 is 0 Å². The van der Waals surface area contributed by atoms with Crippen molar-refractivity contribution in [1.82, 2.24) is 9.97 Å². The van der Waals surface area contributed by atoms with Crippen molar-refractivity contribution in [3.8, 4) is 17.0 Å². The van der Waals surface area contributed by atoms with E-state index < -0.39 is 0 Å². The largest absolute Gasteiger partial charge is 0.497 e. The van der Waals surface area contributed by atoms with Gasteiger partial charge in [0.15, 0.2) is 5.13 Å². The lowest BCUT2D eigenvalue weighted by molar-refractivity contribution is 0.415. The van der Waals surface area contributed by atoms with E-state index in [0.717, 1.165) is 33.0 Å². The van der Waals surface area contributed by atoms with E-state index in [1.165, 1.54) is 0 Å². The molecule has 0 fully saturated rings. The summed E-state index contributed by atoms with van der Waals surface area (Å²) in [5.41, 5.74) is 3.16. The number of nitrogens with zero attached hydrogens (tertiary/aromatic N) is 1. The van der Waals surface area contributed by atoms with E-state index in [2.05, 4.69) is 15.3 Å². The first-order valence-electron chi connectivity index (χ1n) is 5.60. The van der Waals surface area contributed by atoms with E-state index in [1.54, 1.807) is 18.4 Å². The van der Waals surface area contributed by atoms with Crippen molar-refractivity contribution in [3.63, 3.8) is 0 Å². The number of aromatic amines is 1. The zero-order valence-electron chi connectivity index (χ0n) is 10.2. The Morgan fingerprint density at radius 1 is 1.39 bits per heavy atom. The number of thiazole rings is 1. The quantitative estimate of drug-likeness (QED) is 0.758. The summed E-state index contributed by atoms with van der Waals surface area (Å²) in [6.07, 6.45) is 1.98. The van der Waals surface area contributed by atoms with Gasteiger partial charge in [0.2, 0.25) is 0 Å². The number of ether oxygens (including phenoxy) is 1. The Morgan fingerprint density at radius 2 is 2.28 bits per heavy atom. The van der Waals surface area contributed by atoms with Crippen LogP contribution in [0.5, 0.6) is 5.75 Å². The molecular formula is C13H13N3OS. The van der Waals surface area contributed by atoms with E-state index in [1.807, 2.05) is 36.8 Å². The van der Waals surface area contributed by atoms with Crippen LogP contribution in [-0.2, 0) is 0 Å². The van der Waals surface area contributed by atoms with Crippen LogP contribution in [0.25, 0.3) is 22.2 Å². The van der Waals surface area contributed by atoms with E-state index in [4.69, 9.17) is 4.74 Å². The summed E-state index contributed by atoms with van der Waals surface area (Å²) in [5.74, 6) is 0.854. The fourth-order valence-electron chi connectivity index (χ4n) is 1.95. The van der Waals surface area contributed by atoms with Crippen molar-refractivity contribution in [1.29, 1.82) is 0 Å². The van der Waals surface area contributed by atoms with E-state index in [-0.39, 0.29) is 0 Å². The van der Waals surface area contributed by atoms with Gasteiger partial charge in [-0.3, -0.25) is 0 Å². The van der Waals surface area contributed by atoms with Crippen LogP contribution in [0.3, 0.4) is 0 Å². The van der Waals surface area contributed by atoms with Gasteiger partial charge in [0.25, 0.3) is 0 Å². The Hall–Kier alpha value is -2.01. The number of H-pyrrole nitrogens is 1. The molecule has 4 nitrogen and oxygen atoms in total.